The SMILES string of the molecule is OC1CCCc2ccc(Oc3ccc4ccccc4n3)cc21. The summed E-state index contributed by atoms with van der Waals surface area (Å²) in [7, 11) is 0. The van der Waals surface area contributed by atoms with Crippen molar-refractivity contribution in [1.82, 2.24) is 4.98 Å². The number of para-hydroxylation sites is 1. The largest absolute Gasteiger partial charge is 0.439 e. The number of benzene rings is 2. The van der Waals surface area contributed by atoms with E-state index in [1.165, 1.54) is 5.56 Å². The molecule has 1 atom stereocenters. The average molecular weight is 291 g/mol. The highest BCUT2D eigenvalue weighted by molar-refractivity contribution is 5.78. The van der Waals surface area contributed by atoms with Crippen molar-refractivity contribution < 1.29 is 9.84 Å². The number of aromatic nitrogens is 1. The van der Waals surface area contributed by atoms with E-state index in [4.69, 9.17) is 4.74 Å². The van der Waals surface area contributed by atoms with Gasteiger partial charge in [0, 0.05) is 11.5 Å². The van der Waals surface area contributed by atoms with Gasteiger partial charge in [-0.1, -0.05) is 24.3 Å². The van der Waals surface area contributed by atoms with Crippen LogP contribution in [0, 0.1) is 0 Å². The van der Waals surface area contributed by atoms with E-state index in [0.29, 0.717) is 5.88 Å². The molecular formula is C19H17NO2. The van der Waals surface area contributed by atoms with E-state index < -0.39 is 0 Å². The zero-order valence-electron chi connectivity index (χ0n) is 12.2. The third-order valence-electron chi connectivity index (χ3n) is 4.20. The van der Waals surface area contributed by atoms with Crippen molar-refractivity contribution in [1.29, 1.82) is 0 Å². The van der Waals surface area contributed by atoms with Crippen molar-refractivity contribution in [2.45, 2.75) is 25.4 Å². The van der Waals surface area contributed by atoms with Crippen molar-refractivity contribution in [3.05, 3.63) is 65.7 Å². The topological polar surface area (TPSA) is 42.4 Å². The molecule has 0 radical (unpaired) electrons. The van der Waals surface area contributed by atoms with Crippen LogP contribution >= 0.6 is 0 Å². The van der Waals surface area contributed by atoms with Crippen LogP contribution in [0.1, 0.15) is 30.1 Å². The van der Waals surface area contributed by atoms with Crippen LogP contribution in [0.2, 0.25) is 0 Å². The Hall–Kier alpha value is -2.39. The Kier molecular flexibility index (Phi) is 3.28. The maximum atomic E-state index is 10.1. The van der Waals surface area contributed by atoms with Gasteiger partial charge in [-0.15, -0.1) is 0 Å². The van der Waals surface area contributed by atoms with Crippen LogP contribution in [0.3, 0.4) is 0 Å². The first-order valence-electron chi connectivity index (χ1n) is 7.64. The van der Waals surface area contributed by atoms with Gasteiger partial charge < -0.3 is 9.84 Å². The number of fused-ring (bicyclic) bond motifs is 2. The fourth-order valence-corrected chi connectivity index (χ4v) is 3.04. The highest BCUT2D eigenvalue weighted by Gasteiger charge is 2.18. The summed E-state index contributed by atoms with van der Waals surface area (Å²) in [5.74, 6) is 1.30. The van der Waals surface area contributed by atoms with Crippen molar-refractivity contribution >= 4 is 10.9 Å². The van der Waals surface area contributed by atoms with E-state index in [1.807, 2.05) is 54.6 Å². The number of aryl methyl sites for hydroxylation is 1. The number of aliphatic hydroxyl groups is 1. The number of rotatable bonds is 2. The van der Waals surface area contributed by atoms with Crippen LogP contribution in [-0.4, -0.2) is 10.1 Å². The molecule has 3 nitrogen and oxygen atoms in total. The minimum absolute atomic E-state index is 0.378. The lowest BCUT2D eigenvalue weighted by Gasteiger charge is -2.21. The van der Waals surface area contributed by atoms with E-state index in [1.54, 1.807) is 0 Å². The predicted octanol–water partition coefficient (Wildman–Crippen LogP) is 4.40. The molecule has 2 aromatic carbocycles. The van der Waals surface area contributed by atoms with Crippen molar-refractivity contribution in [3.8, 4) is 11.6 Å². The van der Waals surface area contributed by atoms with E-state index in [9.17, 15) is 5.11 Å². The zero-order chi connectivity index (χ0) is 14.9. The van der Waals surface area contributed by atoms with Gasteiger partial charge in [-0.3, -0.25) is 0 Å². The van der Waals surface area contributed by atoms with Gasteiger partial charge in [-0.05, 0) is 54.7 Å². The van der Waals surface area contributed by atoms with Crippen LogP contribution in [0.15, 0.2) is 54.6 Å². The second-order valence-corrected chi connectivity index (χ2v) is 5.71. The Labute approximate surface area is 129 Å². The molecule has 1 heterocycles. The van der Waals surface area contributed by atoms with Gasteiger partial charge in [0.15, 0.2) is 0 Å². The summed E-state index contributed by atoms with van der Waals surface area (Å²) in [6.07, 6.45) is 2.52. The summed E-state index contributed by atoms with van der Waals surface area (Å²) in [6.45, 7) is 0. The summed E-state index contributed by atoms with van der Waals surface area (Å²) < 4.78 is 5.88. The maximum Gasteiger partial charge on any atom is 0.219 e. The fraction of sp³-hybridized carbons (Fsp3) is 0.211. The molecule has 0 aliphatic heterocycles. The molecule has 4 rings (SSSR count). The second-order valence-electron chi connectivity index (χ2n) is 5.71. The average Bonchev–Trinajstić information content (AvgIpc) is 2.56. The summed E-state index contributed by atoms with van der Waals surface area (Å²) >= 11 is 0. The molecule has 1 aliphatic rings. The van der Waals surface area contributed by atoms with Gasteiger partial charge in [0.05, 0.1) is 11.6 Å². The van der Waals surface area contributed by atoms with Crippen molar-refractivity contribution in [2.75, 3.05) is 0 Å². The lowest BCUT2D eigenvalue weighted by Crippen LogP contribution is -2.09. The number of aliphatic hydroxyl groups excluding tert-OH is 1. The number of ether oxygens (including phenoxy) is 1. The molecule has 1 N–H and O–H groups in total. The van der Waals surface area contributed by atoms with Crippen LogP contribution in [0.5, 0.6) is 11.6 Å². The highest BCUT2D eigenvalue weighted by atomic mass is 16.5. The lowest BCUT2D eigenvalue weighted by atomic mass is 9.89. The smallest absolute Gasteiger partial charge is 0.219 e. The minimum Gasteiger partial charge on any atom is -0.439 e. The third kappa shape index (κ3) is 2.44. The lowest BCUT2D eigenvalue weighted by molar-refractivity contribution is 0.156. The minimum atomic E-state index is -0.378. The molecule has 0 fully saturated rings. The maximum absolute atomic E-state index is 10.1. The molecule has 1 unspecified atom stereocenters. The Morgan fingerprint density at radius 2 is 1.95 bits per heavy atom. The Balaban J connectivity index is 1.66. The van der Waals surface area contributed by atoms with Gasteiger partial charge in [0.1, 0.15) is 5.75 Å². The van der Waals surface area contributed by atoms with E-state index in [2.05, 4.69) is 4.98 Å². The van der Waals surface area contributed by atoms with Crippen molar-refractivity contribution in [3.63, 3.8) is 0 Å². The fourth-order valence-electron chi connectivity index (χ4n) is 3.04. The summed E-state index contributed by atoms with van der Waals surface area (Å²) in [6, 6.07) is 17.8. The summed E-state index contributed by atoms with van der Waals surface area (Å²) in [5.41, 5.74) is 3.13. The summed E-state index contributed by atoms with van der Waals surface area (Å²) in [5, 5.41) is 11.2. The normalized spacial score (nSPS) is 17.2. The monoisotopic (exact) mass is 291 g/mol. The number of hydrogen-bond donors (Lipinski definition) is 1. The number of nitrogens with zero attached hydrogens (tertiary/aromatic N) is 1. The van der Waals surface area contributed by atoms with Gasteiger partial charge in [0.2, 0.25) is 5.88 Å². The van der Waals surface area contributed by atoms with Crippen LogP contribution in [0.25, 0.3) is 10.9 Å². The molecule has 3 heteroatoms. The molecule has 0 bridgehead atoms. The van der Waals surface area contributed by atoms with Gasteiger partial charge in [-0.25, -0.2) is 4.98 Å². The first-order chi connectivity index (χ1) is 10.8. The molecule has 0 amide bonds. The quantitative estimate of drug-likeness (QED) is 0.761. The Morgan fingerprint density at radius 1 is 1.05 bits per heavy atom. The molecule has 0 spiro atoms. The number of hydrogen-bond acceptors (Lipinski definition) is 3. The van der Waals surface area contributed by atoms with Crippen molar-refractivity contribution in [2.24, 2.45) is 0 Å². The predicted molar refractivity (Wildman–Crippen MR) is 86.2 cm³/mol. The van der Waals surface area contributed by atoms with E-state index in [-0.39, 0.29) is 6.10 Å². The van der Waals surface area contributed by atoms with Crippen LogP contribution < -0.4 is 4.74 Å². The van der Waals surface area contributed by atoms with Gasteiger partial charge in [0.25, 0.3) is 0 Å². The molecule has 22 heavy (non-hydrogen) atoms. The van der Waals surface area contributed by atoms with E-state index >= 15 is 0 Å². The molecule has 1 aromatic heterocycles. The zero-order valence-corrected chi connectivity index (χ0v) is 12.2. The molecule has 0 saturated carbocycles. The molecule has 110 valence electrons. The van der Waals surface area contributed by atoms with Crippen LogP contribution in [0.4, 0.5) is 0 Å². The van der Waals surface area contributed by atoms with E-state index in [0.717, 1.165) is 41.5 Å². The molecule has 0 saturated heterocycles. The third-order valence-corrected chi connectivity index (χ3v) is 4.20. The molecule has 3 aromatic rings. The standard InChI is InChI=1S/C19H17NO2/c21-18-7-3-5-13-8-10-15(12-16(13)18)22-19-11-9-14-4-1-2-6-17(14)20-19/h1-2,4,6,8-12,18,21H,3,5,7H2. The highest BCUT2D eigenvalue weighted by Crippen LogP contribution is 2.33. The van der Waals surface area contributed by atoms with Gasteiger partial charge >= 0.3 is 0 Å². The second kappa shape index (κ2) is 5.43. The molecule has 1 aliphatic carbocycles. The van der Waals surface area contributed by atoms with Crippen LogP contribution in [-0.2, 0) is 6.42 Å². The first kappa shape index (κ1) is 13.3. The molecular weight excluding hydrogens is 274 g/mol. The Morgan fingerprint density at radius 3 is 2.91 bits per heavy atom. The Bertz CT molecular complexity index is 829. The number of pyridine rings is 1. The van der Waals surface area contributed by atoms with Gasteiger partial charge in [-0.2, -0.15) is 0 Å². The summed E-state index contributed by atoms with van der Waals surface area (Å²) in [4.78, 5) is 4.52. The first-order valence-corrected chi connectivity index (χ1v) is 7.64.